The number of carboxylic acids is 1. The molecule has 0 radical (unpaired) electrons. The number of carbonyl (C=O) groups excluding carboxylic acids is 2. The van der Waals surface area contributed by atoms with Crippen LogP contribution >= 0.6 is 11.8 Å². The van der Waals surface area contributed by atoms with Gasteiger partial charge in [0.05, 0.1) is 11.3 Å². The smallest absolute Gasteiger partial charge is 0.411 e. The summed E-state index contributed by atoms with van der Waals surface area (Å²) in [7, 11) is 0. The lowest BCUT2D eigenvalue weighted by molar-refractivity contribution is -0.123. The average molecular weight is 573 g/mol. The minimum Gasteiger partial charge on any atom is -0.507 e. The number of carboxylic acid groups (broad SMARTS) is 1. The van der Waals surface area contributed by atoms with Crippen molar-refractivity contribution in [2.45, 2.75) is 70.5 Å². The van der Waals surface area contributed by atoms with E-state index in [-0.39, 0.29) is 30.3 Å². The van der Waals surface area contributed by atoms with Gasteiger partial charge in [-0.1, -0.05) is 69.4 Å². The van der Waals surface area contributed by atoms with Crippen molar-refractivity contribution in [2.75, 3.05) is 24.2 Å². The second-order valence-electron chi connectivity index (χ2n) is 8.89. The van der Waals surface area contributed by atoms with Crippen LogP contribution in [0, 0.1) is 0 Å². The van der Waals surface area contributed by atoms with Crippen LogP contribution in [-0.2, 0) is 9.53 Å². The first-order valence-corrected chi connectivity index (χ1v) is 14.8. The zero-order chi connectivity index (χ0) is 29.6. The third-order valence-electron chi connectivity index (χ3n) is 6.03. The summed E-state index contributed by atoms with van der Waals surface area (Å²) in [5, 5.41) is 23.9. The van der Waals surface area contributed by atoms with Crippen LogP contribution in [0.5, 0.6) is 5.75 Å². The van der Waals surface area contributed by atoms with Gasteiger partial charge in [-0.2, -0.15) is 0 Å². The number of aromatic hydroxyl groups is 1. The summed E-state index contributed by atoms with van der Waals surface area (Å²) in [4.78, 5) is 36.1. The molecule has 0 heterocycles. The van der Waals surface area contributed by atoms with Gasteiger partial charge in [0.1, 0.15) is 17.9 Å². The molecule has 2 amide bonds. The summed E-state index contributed by atoms with van der Waals surface area (Å²) in [6.45, 7) is 6.24. The monoisotopic (exact) mass is 572 g/mol. The molecule has 0 saturated carbocycles. The number of hydrogen-bond acceptors (Lipinski definition) is 6. The Bertz CT molecular complexity index is 1040. The van der Waals surface area contributed by atoms with E-state index in [4.69, 9.17) is 9.84 Å². The number of allylic oxidation sites excluding steroid dienone is 8. The number of rotatable bonds is 19. The topological polar surface area (TPSA) is 125 Å². The van der Waals surface area contributed by atoms with Gasteiger partial charge in [0.2, 0.25) is 5.91 Å². The van der Waals surface area contributed by atoms with Crippen LogP contribution in [0.1, 0.15) is 76.1 Å². The van der Waals surface area contributed by atoms with Gasteiger partial charge in [0.25, 0.3) is 0 Å². The molecule has 0 aliphatic heterocycles. The Labute approximate surface area is 242 Å². The molecule has 4 N–H and O–H groups in total. The van der Waals surface area contributed by atoms with E-state index in [1.54, 1.807) is 11.8 Å². The predicted molar refractivity (Wildman–Crippen MR) is 164 cm³/mol. The van der Waals surface area contributed by atoms with Crippen LogP contribution in [0.4, 0.5) is 10.5 Å². The van der Waals surface area contributed by atoms with Crippen molar-refractivity contribution in [2.24, 2.45) is 0 Å². The molecule has 0 aliphatic rings. The largest absolute Gasteiger partial charge is 0.507 e. The Hall–Kier alpha value is -3.46. The van der Waals surface area contributed by atoms with Gasteiger partial charge in [-0.25, -0.2) is 9.59 Å². The highest BCUT2D eigenvalue weighted by Crippen LogP contribution is 2.33. The molecule has 9 heteroatoms. The van der Waals surface area contributed by atoms with Crippen molar-refractivity contribution < 1.29 is 29.3 Å². The molecule has 220 valence electrons. The highest BCUT2D eigenvalue weighted by Gasteiger charge is 2.34. The molecule has 8 nitrogen and oxygen atoms in total. The summed E-state index contributed by atoms with van der Waals surface area (Å²) in [6.07, 6.45) is 22.7. The van der Waals surface area contributed by atoms with E-state index in [1.807, 2.05) is 13.8 Å². The lowest BCUT2D eigenvalue weighted by Gasteiger charge is -2.29. The van der Waals surface area contributed by atoms with Crippen LogP contribution in [0.2, 0.25) is 0 Å². The lowest BCUT2D eigenvalue weighted by atomic mass is 10.0. The summed E-state index contributed by atoms with van der Waals surface area (Å²) in [6, 6.07) is 3.67. The normalized spacial score (nSPS) is 12.1. The number of aromatic carboxylic acids is 1. The fourth-order valence-corrected chi connectivity index (χ4v) is 4.93. The van der Waals surface area contributed by atoms with E-state index >= 15 is 0 Å². The zero-order valence-electron chi connectivity index (χ0n) is 23.9. The third kappa shape index (κ3) is 13.6. The first kappa shape index (κ1) is 34.6. The average Bonchev–Trinajstić information content (AvgIpc) is 2.94. The van der Waals surface area contributed by atoms with Gasteiger partial charge < -0.3 is 20.3 Å². The van der Waals surface area contributed by atoms with E-state index in [9.17, 15) is 19.5 Å². The second kappa shape index (κ2) is 20.4. The molecule has 40 heavy (non-hydrogen) atoms. The summed E-state index contributed by atoms with van der Waals surface area (Å²) >= 11 is 1.65. The summed E-state index contributed by atoms with van der Waals surface area (Å²) in [5.74, 6) is -0.973. The molecule has 0 aromatic heterocycles. The van der Waals surface area contributed by atoms with Gasteiger partial charge in [-0.15, -0.1) is 11.8 Å². The highest BCUT2D eigenvalue weighted by atomic mass is 32.2. The summed E-state index contributed by atoms with van der Waals surface area (Å²) in [5.41, 5.74) is -0.162. The molecule has 1 aromatic rings. The van der Waals surface area contributed by atoms with Gasteiger partial charge >= 0.3 is 12.1 Å². The van der Waals surface area contributed by atoms with Crippen LogP contribution in [0.25, 0.3) is 0 Å². The third-order valence-corrected chi connectivity index (χ3v) is 7.79. The van der Waals surface area contributed by atoms with Crippen LogP contribution < -0.4 is 10.6 Å². The number of anilines is 1. The highest BCUT2D eigenvalue weighted by molar-refractivity contribution is 8.01. The standard InChI is InChI=1S/C31H44N2O6S/c1-4-7-8-9-10-11-12-13-14-15-16-17-18-23-40-31(5-2,6-3)29(37)32-21-22-39-30(38)33-25-19-20-27(34)26(24-25)28(35)36/h7-8,10-11,13-14,16-17,19-20,24,34H,4-6,9,12,15,18,21-23H2,1-3H3,(H,32,37)(H,33,38)(H,35,36)/b8-7-,11-10-,14-13-,17-16-. The SMILES string of the molecule is CC/C=C\C/C=C\C/C=C\C/C=C\CCSC(CC)(CC)C(=O)NCCOC(=O)Nc1ccc(O)c(C(=O)O)c1. The Morgan fingerprint density at radius 3 is 2.10 bits per heavy atom. The number of nitrogens with one attached hydrogen (secondary N) is 2. The van der Waals surface area contributed by atoms with Crippen molar-refractivity contribution in [1.82, 2.24) is 5.32 Å². The van der Waals surface area contributed by atoms with E-state index in [1.165, 1.54) is 12.1 Å². The minimum atomic E-state index is -1.32. The number of benzene rings is 1. The zero-order valence-corrected chi connectivity index (χ0v) is 24.7. The number of carbonyl (C=O) groups is 3. The fourth-order valence-electron chi connectivity index (χ4n) is 3.67. The van der Waals surface area contributed by atoms with Crippen molar-refractivity contribution in [3.63, 3.8) is 0 Å². The van der Waals surface area contributed by atoms with E-state index < -0.39 is 22.6 Å². The maximum Gasteiger partial charge on any atom is 0.411 e. The molecule has 1 rings (SSSR count). The minimum absolute atomic E-state index is 0.0441. The fraction of sp³-hybridized carbons (Fsp3) is 0.452. The molecule has 0 unspecified atom stereocenters. The quantitative estimate of drug-likeness (QED) is 0.0782. The Kier molecular flexibility index (Phi) is 17.7. The van der Waals surface area contributed by atoms with Gasteiger partial charge in [-0.05, 0) is 68.9 Å². The Balaban J connectivity index is 2.35. The first-order valence-electron chi connectivity index (χ1n) is 13.8. The molecule has 0 fully saturated rings. The maximum absolute atomic E-state index is 13.0. The van der Waals surface area contributed by atoms with Crippen molar-refractivity contribution >= 4 is 35.4 Å². The van der Waals surface area contributed by atoms with Crippen LogP contribution in [-0.4, -0.2) is 51.8 Å². The van der Waals surface area contributed by atoms with Crippen molar-refractivity contribution in [3.05, 3.63) is 72.4 Å². The molecule has 0 bridgehead atoms. The molecule has 0 spiro atoms. The number of hydrogen-bond donors (Lipinski definition) is 4. The molecular weight excluding hydrogens is 528 g/mol. The van der Waals surface area contributed by atoms with Crippen molar-refractivity contribution in [3.8, 4) is 5.75 Å². The van der Waals surface area contributed by atoms with Gasteiger partial charge in [-0.3, -0.25) is 10.1 Å². The van der Waals surface area contributed by atoms with E-state index in [0.717, 1.165) is 43.9 Å². The number of amides is 2. The summed E-state index contributed by atoms with van der Waals surface area (Å²) < 4.78 is 4.54. The predicted octanol–water partition coefficient (Wildman–Crippen LogP) is 7.24. The van der Waals surface area contributed by atoms with Crippen molar-refractivity contribution in [1.29, 1.82) is 0 Å². The number of phenols is 1. The van der Waals surface area contributed by atoms with Gasteiger partial charge in [0.15, 0.2) is 0 Å². The maximum atomic E-state index is 13.0. The van der Waals surface area contributed by atoms with E-state index in [2.05, 4.69) is 66.2 Å². The number of thioether (sulfide) groups is 1. The lowest BCUT2D eigenvalue weighted by Crippen LogP contribution is -2.45. The van der Waals surface area contributed by atoms with Crippen LogP contribution in [0.3, 0.4) is 0 Å². The van der Waals surface area contributed by atoms with Gasteiger partial charge in [0, 0.05) is 5.69 Å². The molecule has 0 saturated heterocycles. The van der Waals surface area contributed by atoms with E-state index in [0.29, 0.717) is 12.8 Å². The Morgan fingerprint density at radius 2 is 1.52 bits per heavy atom. The second-order valence-corrected chi connectivity index (χ2v) is 10.4. The molecule has 0 atom stereocenters. The van der Waals surface area contributed by atoms with Crippen LogP contribution in [0.15, 0.2) is 66.8 Å². The Morgan fingerprint density at radius 1 is 0.925 bits per heavy atom. The molecule has 1 aromatic carbocycles. The molecular formula is C31H44N2O6S. The molecule has 0 aliphatic carbocycles. The first-order chi connectivity index (χ1) is 19.3. The number of ether oxygens (including phenoxy) is 1.